The van der Waals surface area contributed by atoms with Crippen LogP contribution in [0.15, 0.2) is 24.3 Å². The van der Waals surface area contributed by atoms with Gasteiger partial charge in [0.2, 0.25) is 0 Å². The zero-order valence-electron chi connectivity index (χ0n) is 9.17. The lowest BCUT2D eigenvalue weighted by molar-refractivity contribution is 0.316. The van der Waals surface area contributed by atoms with Crippen LogP contribution < -0.4 is 4.74 Å². The molecule has 0 radical (unpaired) electrons. The van der Waals surface area contributed by atoms with Crippen LogP contribution >= 0.6 is 0 Å². The molecule has 0 aromatic heterocycles. The molecule has 0 bridgehead atoms. The highest BCUT2D eigenvalue weighted by Crippen LogP contribution is 2.12. The molecule has 0 atom stereocenters. The smallest absolute Gasteiger partial charge is 0.264 e. The van der Waals surface area contributed by atoms with Gasteiger partial charge in [-0.2, -0.15) is 13.7 Å². The molecule has 0 heterocycles. The van der Waals surface area contributed by atoms with Crippen molar-refractivity contribution in [1.29, 1.82) is 5.26 Å². The van der Waals surface area contributed by atoms with Crippen molar-refractivity contribution in [1.82, 2.24) is 0 Å². The summed E-state index contributed by atoms with van der Waals surface area (Å²) in [5.74, 6) is 0.307. The van der Waals surface area contributed by atoms with Crippen LogP contribution in [0.25, 0.3) is 0 Å². The summed E-state index contributed by atoms with van der Waals surface area (Å²) in [5, 5.41) is 8.48. The summed E-state index contributed by atoms with van der Waals surface area (Å²) < 4.78 is 34.6. The number of rotatable bonds is 6. The van der Waals surface area contributed by atoms with Crippen molar-refractivity contribution in [3.8, 4) is 11.8 Å². The number of benzene rings is 1. The summed E-state index contributed by atoms with van der Waals surface area (Å²) in [6.07, 6.45) is 0.585. The number of hydrogen-bond donors (Lipinski definition) is 1. The van der Waals surface area contributed by atoms with Gasteiger partial charge >= 0.3 is 0 Å². The van der Waals surface area contributed by atoms with Gasteiger partial charge in [-0.1, -0.05) is 12.1 Å². The van der Waals surface area contributed by atoms with E-state index in [1.807, 2.05) is 6.07 Å². The third-order valence-electron chi connectivity index (χ3n) is 2.02. The highest BCUT2D eigenvalue weighted by atomic mass is 32.2. The van der Waals surface area contributed by atoms with Crippen molar-refractivity contribution in [3.63, 3.8) is 0 Å². The van der Waals surface area contributed by atoms with Gasteiger partial charge in [0.25, 0.3) is 10.1 Å². The van der Waals surface area contributed by atoms with E-state index in [0.717, 1.165) is 5.56 Å². The van der Waals surface area contributed by atoms with E-state index in [2.05, 4.69) is 0 Å². The Morgan fingerprint density at radius 2 is 1.94 bits per heavy atom. The van der Waals surface area contributed by atoms with Gasteiger partial charge in [-0.3, -0.25) is 4.55 Å². The quantitative estimate of drug-likeness (QED) is 0.613. The van der Waals surface area contributed by atoms with Gasteiger partial charge in [0.1, 0.15) is 5.75 Å². The Labute approximate surface area is 100 Å². The second kappa shape index (κ2) is 6.23. The molecular formula is C11H13NO4S. The summed E-state index contributed by atoms with van der Waals surface area (Å²) >= 11 is 0. The molecule has 0 saturated carbocycles. The maximum atomic E-state index is 10.4. The summed E-state index contributed by atoms with van der Waals surface area (Å²) in [7, 11) is -3.91. The Hall–Kier alpha value is -1.58. The minimum atomic E-state index is -3.91. The SMILES string of the molecule is N#CCc1ccc(OCCCS(=O)(=O)O)cc1. The lowest BCUT2D eigenvalue weighted by atomic mass is 10.2. The minimum absolute atomic E-state index is 0.220. The molecule has 17 heavy (non-hydrogen) atoms. The van der Waals surface area contributed by atoms with Crippen LogP contribution in [0.3, 0.4) is 0 Å². The van der Waals surface area contributed by atoms with Gasteiger partial charge < -0.3 is 4.74 Å². The molecule has 0 unspecified atom stereocenters. The first kappa shape index (κ1) is 13.5. The zero-order valence-corrected chi connectivity index (χ0v) is 9.98. The molecule has 0 aliphatic rings. The summed E-state index contributed by atoms with van der Waals surface area (Å²) in [4.78, 5) is 0. The van der Waals surface area contributed by atoms with E-state index in [-0.39, 0.29) is 18.8 Å². The molecule has 1 N–H and O–H groups in total. The van der Waals surface area contributed by atoms with Gasteiger partial charge in [-0.15, -0.1) is 0 Å². The van der Waals surface area contributed by atoms with Crippen LogP contribution in [0.1, 0.15) is 12.0 Å². The highest BCUT2D eigenvalue weighted by Gasteiger charge is 2.03. The number of nitrogens with zero attached hydrogens (tertiary/aromatic N) is 1. The van der Waals surface area contributed by atoms with Crippen molar-refractivity contribution in [3.05, 3.63) is 29.8 Å². The van der Waals surface area contributed by atoms with Crippen molar-refractivity contribution >= 4 is 10.1 Å². The van der Waals surface area contributed by atoms with Gasteiger partial charge in [-0.05, 0) is 24.1 Å². The van der Waals surface area contributed by atoms with Crippen LogP contribution in [0, 0.1) is 11.3 Å². The Kier molecular flexibility index (Phi) is 4.94. The molecular weight excluding hydrogens is 242 g/mol. The fourth-order valence-electron chi connectivity index (χ4n) is 1.23. The van der Waals surface area contributed by atoms with Gasteiger partial charge in [0.15, 0.2) is 0 Å². The van der Waals surface area contributed by atoms with Gasteiger partial charge in [0.05, 0.1) is 24.8 Å². The predicted molar refractivity (Wildman–Crippen MR) is 62.3 cm³/mol. The average molecular weight is 255 g/mol. The minimum Gasteiger partial charge on any atom is -0.494 e. The number of hydrogen-bond acceptors (Lipinski definition) is 4. The first-order valence-corrected chi connectivity index (χ1v) is 6.66. The molecule has 1 rings (SSSR count). The maximum absolute atomic E-state index is 10.4. The van der Waals surface area contributed by atoms with Crippen molar-refractivity contribution < 1.29 is 17.7 Å². The van der Waals surface area contributed by atoms with Crippen LogP contribution in [0.4, 0.5) is 0 Å². The van der Waals surface area contributed by atoms with Gasteiger partial charge in [0, 0.05) is 0 Å². The molecule has 0 spiro atoms. The average Bonchev–Trinajstić information content (AvgIpc) is 2.26. The van der Waals surface area contributed by atoms with Crippen LogP contribution in [-0.2, 0) is 16.5 Å². The molecule has 92 valence electrons. The van der Waals surface area contributed by atoms with E-state index in [4.69, 9.17) is 14.6 Å². The molecule has 6 heteroatoms. The second-order valence-electron chi connectivity index (χ2n) is 3.47. The topological polar surface area (TPSA) is 87.4 Å². The first-order chi connectivity index (χ1) is 8.01. The van der Waals surface area contributed by atoms with Crippen LogP contribution in [-0.4, -0.2) is 25.3 Å². The monoisotopic (exact) mass is 255 g/mol. The molecule has 1 aromatic carbocycles. The summed E-state index contributed by atoms with van der Waals surface area (Å²) in [5.41, 5.74) is 0.901. The van der Waals surface area contributed by atoms with Crippen LogP contribution in [0.2, 0.25) is 0 Å². The fourth-order valence-corrected chi connectivity index (χ4v) is 1.71. The second-order valence-corrected chi connectivity index (χ2v) is 5.04. The van der Waals surface area contributed by atoms with Crippen LogP contribution in [0.5, 0.6) is 5.75 Å². The van der Waals surface area contributed by atoms with E-state index in [0.29, 0.717) is 12.2 Å². The Morgan fingerprint density at radius 3 is 2.47 bits per heavy atom. The lowest BCUT2D eigenvalue weighted by Crippen LogP contribution is -2.08. The first-order valence-electron chi connectivity index (χ1n) is 5.05. The molecule has 0 aliphatic carbocycles. The third-order valence-corrected chi connectivity index (χ3v) is 2.83. The van der Waals surface area contributed by atoms with E-state index < -0.39 is 10.1 Å². The number of nitriles is 1. The van der Waals surface area contributed by atoms with Crippen molar-refractivity contribution in [2.75, 3.05) is 12.4 Å². The van der Waals surface area contributed by atoms with E-state index >= 15 is 0 Å². The molecule has 1 aromatic rings. The summed E-state index contributed by atoms with van der Waals surface area (Å²) in [6, 6.07) is 9.04. The van der Waals surface area contributed by atoms with E-state index in [9.17, 15) is 8.42 Å². The highest BCUT2D eigenvalue weighted by molar-refractivity contribution is 7.85. The molecule has 0 aliphatic heterocycles. The Balaban J connectivity index is 2.35. The number of ether oxygens (including phenoxy) is 1. The standard InChI is InChI=1S/C11H13NO4S/c12-7-6-10-2-4-11(5-3-10)16-8-1-9-17(13,14)15/h2-5H,1,6,8-9H2,(H,13,14,15). The zero-order chi connectivity index (χ0) is 12.7. The molecule has 0 saturated heterocycles. The van der Waals surface area contributed by atoms with E-state index in [1.165, 1.54) is 0 Å². The normalized spacial score (nSPS) is 10.8. The van der Waals surface area contributed by atoms with Crippen molar-refractivity contribution in [2.24, 2.45) is 0 Å². The third kappa shape index (κ3) is 5.90. The fraction of sp³-hybridized carbons (Fsp3) is 0.364. The molecule has 0 fully saturated rings. The van der Waals surface area contributed by atoms with E-state index in [1.54, 1.807) is 24.3 Å². The maximum Gasteiger partial charge on any atom is 0.264 e. The summed E-state index contributed by atoms with van der Waals surface area (Å²) in [6.45, 7) is 0.220. The Morgan fingerprint density at radius 1 is 1.29 bits per heavy atom. The van der Waals surface area contributed by atoms with Gasteiger partial charge in [-0.25, -0.2) is 0 Å². The predicted octanol–water partition coefficient (Wildman–Crippen LogP) is 1.41. The van der Waals surface area contributed by atoms with Crippen molar-refractivity contribution in [2.45, 2.75) is 12.8 Å². The molecule has 0 amide bonds. The molecule has 5 nitrogen and oxygen atoms in total. The largest absolute Gasteiger partial charge is 0.494 e. The Bertz CT molecular complexity index is 487. The lowest BCUT2D eigenvalue weighted by Gasteiger charge is -2.05.